The quantitative estimate of drug-likeness (QED) is 0.912. The number of aliphatic hydroxyl groups is 1. The van der Waals surface area contributed by atoms with Gasteiger partial charge in [-0.3, -0.25) is 0 Å². The number of hydrogen-bond donors (Lipinski definition) is 1. The van der Waals surface area contributed by atoms with E-state index in [-0.39, 0.29) is 0 Å². The Morgan fingerprint density at radius 3 is 2.53 bits per heavy atom. The van der Waals surface area contributed by atoms with Crippen molar-refractivity contribution < 1.29 is 9.84 Å². The number of ether oxygens (including phenoxy) is 1. The number of para-hydroxylation sites is 1. The molecule has 2 fully saturated rings. The molecular formula is C16H22O2S. The Kier molecular flexibility index (Phi) is 4.04. The van der Waals surface area contributed by atoms with Gasteiger partial charge >= 0.3 is 0 Å². The zero-order valence-electron chi connectivity index (χ0n) is 11.3. The molecule has 1 aromatic rings. The molecule has 19 heavy (non-hydrogen) atoms. The molecular weight excluding hydrogens is 256 g/mol. The lowest BCUT2D eigenvalue weighted by atomic mass is 9.83. The summed E-state index contributed by atoms with van der Waals surface area (Å²) in [6, 6.07) is 9.88. The van der Waals surface area contributed by atoms with Gasteiger partial charge in [-0.1, -0.05) is 24.6 Å². The van der Waals surface area contributed by atoms with E-state index in [1.54, 1.807) is 0 Å². The summed E-state index contributed by atoms with van der Waals surface area (Å²) in [4.78, 5) is 0. The van der Waals surface area contributed by atoms with Crippen LogP contribution < -0.4 is 4.74 Å². The maximum atomic E-state index is 10.8. The van der Waals surface area contributed by atoms with Crippen LogP contribution in [0.3, 0.4) is 0 Å². The first-order chi connectivity index (χ1) is 9.23. The Morgan fingerprint density at radius 2 is 1.84 bits per heavy atom. The maximum Gasteiger partial charge on any atom is 0.119 e. The van der Waals surface area contributed by atoms with E-state index in [1.807, 2.05) is 30.3 Å². The van der Waals surface area contributed by atoms with Gasteiger partial charge in [0.1, 0.15) is 5.75 Å². The first kappa shape index (κ1) is 13.3. The van der Waals surface area contributed by atoms with Crippen molar-refractivity contribution in [1.29, 1.82) is 0 Å². The van der Waals surface area contributed by atoms with Crippen molar-refractivity contribution in [3.05, 3.63) is 30.3 Å². The number of benzene rings is 1. The zero-order chi connectivity index (χ0) is 13.1. The fraction of sp³-hybridized carbons (Fsp3) is 0.625. The van der Waals surface area contributed by atoms with Gasteiger partial charge in [0.2, 0.25) is 0 Å². The van der Waals surface area contributed by atoms with Crippen molar-refractivity contribution in [2.24, 2.45) is 0 Å². The van der Waals surface area contributed by atoms with E-state index in [1.165, 1.54) is 19.3 Å². The summed E-state index contributed by atoms with van der Waals surface area (Å²) < 4.78 is 5.73. The summed E-state index contributed by atoms with van der Waals surface area (Å²) in [5.74, 6) is 0.900. The van der Waals surface area contributed by atoms with E-state index in [4.69, 9.17) is 4.74 Å². The average molecular weight is 278 g/mol. The molecule has 0 radical (unpaired) electrons. The molecule has 2 heterocycles. The number of rotatable bonds is 4. The third-order valence-corrected chi connectivity index (χ3v) is 5.81. The second-order valence-electron chi connectivity index (χ2n) is 5.86. The number of thioether (sulfide) groups is 1. The molecule has 0 saturated carbocycles. The highest BCUT2D eigenvalue weighted by atomic mass is 32.2. The normalized spacial score (nSPS) is 33.9. The molecule has 2 saturated heterocycles. The highest BCUT2D eigenvalue weighted by molar-refractivity contribution is 8.00. The molecule has 3 rings (SSSR count). The minimum absolute atomic E-state index is 0.490. The zero-order valence-corrected chi connectivity index (χ0v) is 12.1. The van der Waals surface area contributed by atoms with Gasteiger partial charge in [0.15, 0.2) is 0 Å². The van der Waals surface area contributed by atoms with Crippen LogP contribution in [0.4, 0.5) is 0 Å². The van der Waals surface area contributed by atoms with Crippen molar-refractivity contribution in [2.75, 3.05) is 6.61 Å². The Labute approximate surface area is 119 Å². The van der Waals surface area contributed by atoms with Crippen LogP contribution in [-0.2, 0) is 0 Å². The Hall–Kier alpha value is -0.670. The van der Waals surface area contributed by atoms with Gasteiger partial charge < -0.3 is 9.84 Å². The number of fused-ring (bicyclic) bond motifs is 2. The van der Waals surface area contributed by atoms with Crippen molar-refractivity contribution in [2.45, 2.75) is 54.6 Å². The van der Waals surface area contributed by atoms with Gasteiger partial charge in [0.25, 0.3) is 0 Å². The second-order valence-corrected chi connectivity index (χ2v) is 7.46. The fourth-order valence-electron chi connectivity index (χ4n) is 3.29. The fourth-order valence-corrected chi connectivity index (χ4v) is 5.26. The molecule has 2 atom stereocenters. The molecule has 0 aromatic heterocycles. The van der Waals surface area contributed by atoms with Crippen LogP contribution in [0.1, 0.15) is 38.5 Å². The molecule has 2 unspecified atom stereocenters. The van der Waals surface area contributed by atoms with Crippen molar-refractivity contribution >= 4 is 11.8 Å². The first-order valence-corrected chi connectivity index (χ1v) is 8.23. The minimum Gasteiger partial charge on any atom is -0.493 e. The largest absolute Gasteiger partial charge is 0.493 e. The number of hydrogen-bond acceptors (Lipinski definition) is 3. The summed E-state index contributed by atoms with van der Waals surface area (Å²) >= 11 is 2.10. The molecule has 2 aliphatic heterocycles. The first-order valence-electron chi connectivity index (χ1n) is 7.29. The van der Waals surface area contributed by atoms with Gasteiger partial charge in [-0.05, 0) is 37.8 Å². The molecule has 3 heteroatoms. The topological polar surface area (TPSA) is 29.5 Å². The molecule has 2 aliphatic rings. The van der Waals surface area contributed by atoms with Gasteiger partial charge in [0.05, 0.1) is 12.2 Å². The van der Waals surface area contributed by atoms with Gasteiger partial charge in [-0.15, -0.1) is 0 Å². The predicted molar refractivity (Wildman–Crippen MR) is 79.8 cm³/mol. The van der Waals surface area contributed by atoms with Gasteiger partial charge in [-0.25, -0.2) is 0 Å². The third-order valence-electron chi connectivity index (χ3n) is 4.23. The van der Waals surface area contributed by atoms with Crippen molar-refractivity contribution in [3.63, 3.8) is 0 Å². The van der Waals surface area contributed by atoms with E-state index in [0.717, 1.165) is 25.0 Å². The molecule has 2 bridgehead atoms. The minimum atomic E-state index is -0.490. The molecule has 0 amide bonds. The molecule has 2 nitrogen and oxygen atoms in total. The second kappa shape index (κ2) is 5.76. The lowest BCUT2D eigenvalue weighted by Gasteiger charge is -2.43. The average Bonchev–Trinajstić information content (AvgIpc) is 2.39. The molecule has 1 N–H and O–H groups in total. The van der Waals surface area contributed by atoms with E-state index < -0.39 is 5.60 Å². The summed E-state index contributed by atoms with van der Waals surface area (Å²) in [7, 11) is 0. The monoisotopic (exact) mass is 278 g/mol. The summed E-state index contributed by atoms with van der Waals surface area (Å²) in [5, 5.41) is 12.1. The molecule has 0 spiro atoms. The smallest absolute Gasteiger partial charge is 0.119 e. The van der Waals surface area contributed by atoms with Crippen LogP contribution in [-0.4, -0.2) is 27.8 Å². The lowest BCUT2D eigenvalue weighted by Crippen LogP contribution is -2.43. The van der Waals surface area contributed by atoms with Gasteiger partial charge in [0, 0.05) is 16.9 Å². The molecule has 104 valence electrons. The van der Waals surface area contributed by atoms with E-state index in [9.17, 15) is 5.11 Å². The van der Waals surface area contributed by atoms with Crippen molar-refractivity contribution in [1.82, 2.24) is 0 Å². The summed E-state index contributed by atoms with van der Waals surface area (Å²) in [6.45, 7) is 0.616. The Bertz CT molecular complexity index is 394. The van der Waals surface area contributed by atoms with E-state index in [0.29, 0.717) is 17.1 Å². The van der Waals surface area contributed by atoms with E-state index >= 15 is 0 Å². The van der Waals surface area contributed by atoms with Crippen LogP contribution >= 0.6 is 11.8 Å². The standard InChI is InChI=1S/C16H22O2S/c17-16(9-10-18-13-5-2-1-3-6-13)11-14-7-4-8-15(12-16)19-14/h1-3,5-6,14-15,17H,4,7-12H2. The molecule has 1 aromatic carbocycles. The maximum absolute atomic E-state index is 10.8. The van der Waals surface area contributed by atoms with Crippen LogP contribution in [0.15, 0.2) is 30.3 Å². The summed E-state index contributed by atoms with van der Waals surface area (Å²) in [5.41, 5.74) is -0.490. The highest BCUT2D eigenvalue weighted by Crippen LogP contribution is 2.46. The molecule has 0 aliphatic carbocycles. The SMILES string of the molecule is OC1(CCOc2ccccc2)CC2CCCC(C1)S2. The Morgan fingerprint density at radius 1 is 1.16 bits per heavy atom. The third kappa shape index (κ3) is 3.46. The van der Waals surface area contributed by atoms with Crippen molar-refractivity contribution in [3.8, 4) is 5.75 Å². The van der Waals surface area contributed by atoms with Crippen LogP contribution in [0.5, 0.6) is 5.75 Å². The van der Waals surface area contributed by atoms with E-state index in [2.05, 4.69) is 11.8 Å². The van der Waals surface area contributed by atoms with Crippen LogP contribution in [0, 0.1) is 0 Å². The lowest BCUT2D eigenvalue weighted by molar-refractivity contribution is -0.00575. The van der Waals surface area contributed by atoms with Gasteiger partial charge in [-0.2, -0.15) is 11.8 Å². The highest BCUT2D eigenvalue weighted by Gasteiger charge is 2.41. The predicted octanol–water partition coefficient (Wildman–Crippen LogP) is 3.63. The summed E-state index contributed by atoms with van der Waals surface area (Å²) in [6.07, 6.45) is 6.57. The van der Waals surface area contributed by atoms with Crippen LogP contribution in [0.25, 0.3) is 0 Å². The van der Waals surface area contributed by atoms with Crippen LogP contribution in [0.2, 0.25) is 0 Å². The Balaban J connectivity index is 1.51.